The minimum Gasteiger partial charge on any atom is -0.325 e. The third-order valence-corrected chi connectivity index (χ3v) is 2.80. The zero-order valence-electron chi connectivity index (χ0n) is 7.27. The van der Waals surface area contributed by atoms with Gasteiger partial charge in [-0.15, -0.1) is 0 Å². The average molecular weight is 201 g/mol. The molecule has 3 nitrogen and oxygen atoms in total. The second-order valence-corrected chi connectivity index (χ2v) is 3.72. The molecule has 1 aromatic heterocycles. The van der Waals surface area contributed by atoms with Crippen molar-refractivity contribution in [3.8, 4) is 0 Å². The van der Waals surface area contributed by atoms with E-state index in [1.54, 1.807) is 18.3 Å². The number of aromatic nitrogens is 2. The second-order valence-electron chi connectivity index (χ2n) is 3.01. The van der Waals surface area contributed by atoms with Crippen molar-refractivity contribution in [2.75, 3.05) is 4.72 Å². The van der Waals surface area contributed by atoms with Crippen molar-refractivity contribution >= 4 is 34.6 Å². The van der Waals surface area contributed by atoms with E-state index in [0.717, 1.165) is 22.2 Å². The van der Waals surface area contributed by atoms with E-state index in [0.29, 0.717) is 0 Å². The van der Waals surface area contributed by atoms with Crippen molar-refractivity contribution in [3.63, 3.8) is 0 Å². The van der Waals surface area contributed by atoms with Crippen molar-refractivity contribution in [1.82, 2.24) is 9.97 Å². The smallest absolute Gasteiger partial charge is 0.116 e. The van der Waals surface area contributed by atoms with Gasteiger partial charge in [0, 0.05) is 17.1 Å². The van der Waals surface area contributed by atoms with Gasteiger partial charge in [-0.3, -0.25) is 0 Å². The third kappa shape index (κ3) is 1.08. The van der Waals surface area contributed by atoms with Gasteiger partial charge in [0.1, 0.15) is 6.33 Å². The molecule has 1 aliphatic heterocycles. The summed E-state index contributed by atoms with van der Waals surface area (Å²) in [7, 11) is 0. The van der Waals surface area contributed by atoms with Gasteiger partial charge in [0.2, 0.25) is 0 Å². The van der Waals surface area contributed by atoms with Crippen LogP contribution >= 0.6 is 11.9 Å². The fraction of sp³-hybridized carbons (Fsp3) is 0. The molecular formula is C10H7N3S. The maximum absolute atomic E-state index is 4.28. The van der Waals surface area contributed by atoms with Crippen molar-refractivity contribution in [3.05, 3.63) is 35.6 Å². The van der Waals surface area contributed by atoms with Gasteiger partial charge in [0.05, 0.1) is 11.2 Å². The number of nitrogens with one attached hydrogen (secondary N) is 1. The Hall–Kier alpha value is -1.55. The second kappa shape index (κ2) is 2.99. The first-order chi connectivity index (χ1) is 6.95. The van der Waals surface area contributed by atoms with Crippen LogP contribution in [0.5, 0.6) is 0 Å². The maximum Gasteiger partial charge on any atom is 0.116 e. The van der Waals surface area contributed by atoms with E-state index >= 15 is 0 Å². The molecule has 0 unspecified atom stereocenters. The molecule has 1 aromatic carbocycles. The molecule has 0 amide bonds. The van der Waals surface area contributed by atoms with Gasteiger partial charge >= 0.3 is 0 Å². The predicted molar refractivity (Wildman–Crippen MR) is 59.8 cm³/mol. The van der Waals surface area contributed by atoms with Gasteiger partial charge in [-0.25, -0.2) is 9.97 Å². The largest absolute Gasteiger partial charge is 0.325 e. The van der Waals surface area contributed by atoms with E-state index in [-0.39, 0.29) is 0 Å². The van der Waals surface area contributed by atoms with E-state index in [1.807, 2.05) is 17.7 Å². The van der Waals surface area contributed by atoms with Crippen LogP contribution in [-0.2, 0) is 0 Å². The molecule has 0 fully saturated rings. The summed E-state index contributed by atoms with van der Waals surface area (Å²) < 4.78 is 3.22. The predicted octanol–water partition coefficient (Wildman–Crippen LogP) is 2.67. The fourth-order valence-corrected chi connectivity index (χ4v) is 2.11. The fourth-order valence-electron chi connectivity index (χ4n) is 1.54. The lowest BCUT2D eigenvalue weighted by Crippen LogP contribution is -1.95. The molecule has 2 aromatic rings. The Bertz CT molecular complexity index is 522. The van der Waals surface area contributed by atoms with Crippen molar-refractivity contribution in [1.29, 1.82) is 0 Å². The highest BCUT2D eigenvalue weighted by Gasteiger charge is 2.08. The van der Waals surface area contributed by atoms with Crippen molar-refractivity contribution < 1.29 is 0 Å². The van der Waals surface area contributed by atoms with Crippen LogP contribution in [0.15, 0.2) is 30.1 Å². The lowest BCUT2D eigenvalue weighted by Gasteiger charge is -2.12. The first-order valence-corrected chi connectivity index (χ1v) is 5.14. The van der Waals surface area contributed by atoms with Gasteiger partial charge in [-0.05, 0) is 35.6 Å². The summed E-state index contributed by atoms with van der Waals surface area (Å²) in [5.41, 5.74) is 3.26. The Labute approximate surface area is 85.4 Å². The number of anilines is 1. The standard InChI is InChI=1S/C10H7N3S/c1-2-9-8(3-4-14-13-9)10-7(1)5-11-6-12-10/h1-6,13H. The highest BCUT2D eigenvalue weighted by Crippen LogP contribution is 2.31. The molecule has 14 heavy (non-hydrogen) atoms. The Morgan fingerprint density at radius 3 is 3.29 bits per heavy atom. The molecule has 4 heteroatoms. The van der Waals surface area contributed by atoms with Crippen LogP contribution < -0.4 is 4.72 Å². The van der Waals surface area contributed by atoms with Crippen LogP contribution in [0.2, 0.25) is 0 Å². The summed E-state index contributed by atoms with van der Waals surface area (Å²) in [6.07, 6.45) is 5.49. The molecule has 68 valence electrons. The number of benzene rings is 1. The van der Waals surface area contributed by atoms with Gasteiger partial charge in [0.15, 0.2) is 0 Å². The lowest BCUT2D eigenvalue weighted by molar-refractivity contribution is 1.22. The van der Waals surface area contributed by atoms with Crippen molar-refractivity contribution in [2.24, 2.45) is 0 Å². The van der Waals surface area contributed by atoms with Crippen LogP contribution in [0.3, 0.4) is 0 Å². The summed E-state index contributed by atoms with van der Waals surface area (Å²) in [5, 5.41) is 3.09. The summed E-state index contributed by atoms with van der Waals surface area (Å²) >= 11 is 1.57. The summed E-state index contributed by atoms with van der Waals surface area (Å²) in [6.45, 7) is 0. The maximum atomic E-state index is 4.28. The summed E-state index contributed by atoms with van der Waals surface area (Å²) in [6, 6.07) is 4.08. The Kier molecular flexibility index (Phi) is 1.67. The van der Waals surface area contributed by atoms with Crippen LogP contribution in [-0.4, -0.2) is 9.97 Å². The molecule has 0 saturated carbocycles. The topological polar surface area (TPSA) is 37.8 Å². The third-order valence-electron chi connectivity index (χ3n) is 2.19. The summed E-state index contributed by atoms with van der Waals surface area (Å²) in [4.78, 5) is 8.28. The number of nitrogens with zero attached hydrogens (tertiary/aromatic N) is 2. The first-order valence-electron chi connectivity index (χ1n) is 4.26. The van der Waals surface area contributed by atoms with E-state index in [1.165, 1.54) is 0 Å². The Morgan fingerprint density at radius 1 is 1.29 bits per heavy atom. The van der Waals surface area contributed by atoms with E-state index in [2.05, 4.69) is 26.8 Å². The minimum absolute atomic E-state index is 1.00. The summed E-state index contributed by atoms with van der Waals surface area (Å²) in [5.74, 6) is 0. The molecule has 0 atom stereocenters. The quantitative estimate of drug-likeness (QED) is 0.665. The number of fused-ring (bicyclic) bond motifs is 3. The molecular weight excluding hydrogens is 194 g/mol. The highest BCUT2D eigenvalue weighted by molar-refractivity contribution is 8.03. The van der Waals surface area contributed by atoms with Crippen LogP contribution in [0, 0.1) is 0 Å². The van der Waals surface area contributed by atoms with E-state index in [9.17, 15) is 0 Å². The monoisotopic (exact) mass is 201 g/mol. The van der Waals surface area contributed by atoms with Gasteiger partial charge in [0.25, 0.3) is 0 Å². The molecule has 0 radical (unpaired) electrons. The zero-order chi connectivity index (χ0) is 9.38. The average Bonchev–Trinajstić information content (AvgIpc) is 2.29. The Balaban J connectivity index is 2.42. The normalized spacial score (nSPS) is 13.7. The van der Waals surface area contributed by atoms with Crippen LogP contribution in [0.1, 0.15) is 5.56 Å². The lowest BCUT2D eigenvalue weighted by atomic mass is 10.1. The van der Waals surface area contributed by atoms with Gasteiger partial charge < -0.3 is 4.72 Å². The van der Waals surface area contributed by atoms with Crippen LogP contribution in [0.25, 0.3) is 17.0 Å². The van der Waals surface area contributed by atoms with Crippen LogP contribution in [0.4, 0.5) is 5.69 Å². The zero-order valence-corrected chi connectivity index (χ0v) is 8.08. The molecule has 2 heterocycles. The molecule has 3 rings (SSSR count). The molecule has 1 N–H and O–H groups in total. The highest BCUT2D eigenvalue weighted by atomic mass is 32.2. The minimum atomic E-state index is 1.00. The number of hydrogen-bond acceptors (Lipinski definition) is 4. The molecule has 0 bridgehead atoms. The van der Waals surface area contributed by atoms with Gasteiger partial charge in [-0.2, -0.15) is 0 Å². The molecule has 0 spiro atoms. The van der Waals surface area contributed by atoms with E-state index < -0.39 is 0 Å². The number of rotatable bonds is 0. The van der Waals surface area contributed by atoms with E-state index in [4.69, 9.17) is 0 Å². The SMILES string of the molecule is C1=Cc2c(ccc3cncnc23)NS1. The molecule has 0 saturated heterocycles. The molecule has 1 aliphatic rings. The first kappa shape index (κ1) is 7.82. The van der Waals surface area contributed by atoms with Crippen molar-refractivity contribution in [2.45, 2.75) is 0 Å². The van der Waals surface area contributed by atoms with Gasteiger partial charge in [-0.1, -0.05) is 0 Å². The Morgan fingerprint density at radius 2 is 2.29 bits per heavy atom. The number of hydrogen-bond donors (Lipinski definition) is 1. The molecule has 0 aliphatic carbocycles.